The van der Waals surface area contributed by atoms with Gasteiger partial charge in [0.1, 0.15) is 17.0 Å². The van der Waals surface area contributed by atoms with Crippen LogP contribution in [-0.4, -0.2) is 45.6 Å². The quantitative estimate of drug-likeness (QED) is 0.474. The third-order valence-corrected chi connectivity index (χ3v) is 6.29. The van der Waals surface area contributed by atoms with Crippen LogP contribution in [0.25, 0.3) is 16.9 Å². The zero-order valence-electron chi connectivity index (χ0n) is 18.4. The number of rotatable bonds is 5. The van der Waals surface area contributed by atoms with E-state index >= 15 is 0 Å². The molecule has 1 N–H and O–H groups in total. The van der Waals surface area contributed by atoms with Crippen LogP contribution < -0.4 is 10.1 Å². The maximum Gasteiger partial charge on any atom is 0.346 e. The first-order valence-electron chi connectivity index (χ1n) is 11.1. The summed E-state index contributed by atoms with van der Waals surface area (Å²) in [4.78, 5) is 25.6. The van der Waals surface area contributed by atoms with Crippen LogP contribution in [0.15, 0.2) is 65.9 Å². The molecule has 3 aromatic rings. The van der Waals surface area contributed by atoms with Crippen LogP contribution in [0.2, 0.25) is 0 Å². The summed E-state index contributed by atoms with van der Waals surface area (Å²) in [5, 5.41) is 12.9. The molecule has 1 aromatic heterocycles. The molecule has 1 saturated carbocycles. The minimum Gasteiger partial charge on any atom is -0.497 e. The summed E-state index contributed by atoms with van der Waals surface area (Å²) in [6, 6.07) is 16.8. The van der Waals surface area contributed by atoms with Crippen molar-refractivity contribution in [3.05, 3.63) is 66.4 Å². The number of carbonyl (C=O) groups is 2. The maximum atomic E-state index is 13.1. The Balaban J connectivity index is 1.50. The first kappa shape index (κ1) is 20.9. The Hall–Kier alpha value is -3.94. The predicted molar refractivity (Wildman–Crippen MR) is 124 cm³/mol. The topological polar surface area (TPSA) is 88.8 Å². The highest BCUT2D eigenvalue weighted by atomic mass is 16.5. The van der Waals surface area contributed by atoms with Crippen LogP contribution in [0.1, 0.15) is 37.7 Å². The van der Waals surface area contributed by atoms with E-state index in [9.17, 15) is 9.59 Å². The number of methoxy groups -OCH3 is 1. The van der Waals surface area contributed by atoms with Crippen LogP contribution in [0.3, 0.4) is 0 Å². The first-order valence-corrected chi connectivity index (χ1v) is 11.1. The molecule has 3 amide bonds. The third kappa shape index (κ3) is 3.88. The lowest BCUT2D eigenvalue weighted by Crippen LogP contribution is -2.48. The van der Waals surface area contributed by atoms with E-state index in [0.717, 1.165) is 41.3 Å². The summed E-state index contributed by atoms with van der Waals surface area (Å²) < 4.78 is 7.02. The number of nitrogens with zero attached hydrogens (tertiary/aromatic N) is 4. The molecule has 2 aliphatic rings. The van der Waals surface area contributed by atoms with Gasteiger partial charge in [-0.2, -0.15) is 10.2 Å². The SMILES string of the molecule is COc1ccc(-c2nn(-c3ccccc3)cc2/C=N/N2C(=O)NC3(CCCCC3)C2=O)cc1. The highest BCUT2D eigenvalue weighted by Gasteiger charge is 2.51. The fourth-order valence-electron chi connectivity index (χ4n) is 4.49. The minimum atomic E-state index is -0.806. The standard InChI is InChI=1S/C25H25N5O3/c1-33-21-12-10-18(11-13-21)22-19(17-29(28-22)20-8-4-2-5-9-20)16-26-30-23(31)25(27-24(30)32)14-6-3-7-15-25/h2,4-5,8-13,16-17H,3,6-7,14-15H2,1H3,(H,27,32)/b26-16+. The lowest BCUT2D eigenvalue weighted by molar-refractivity contribution is -0.132. The van der Waals surface area contributed by atoms with Crippen molar-refractivity contribution in [2.75, 3.05) is 7.11 Å². The molecule has 8 heteroatoms. The van der Waals surface area contributed by atoms with Gasteiger partial charge in [0.2, 0.25) is 0 Å². The highest BCUT2D eigenvalue weighted by molar-refractivity contribution is 6.07. The van der Waals surface area contributed by atoms with Gasteiger partial charge in [-0.1, -0.05) is 37.5 Å². The van der Waals surface area contributed by atoms with Gasteiger partial charge in [0.05, 0.1) is 19.0 Å². The van der Waals surface area contributed by atoms with Gasteiger partial charge in [-0.3, -0.25) is 4.79 Å². The van der Waals surface area contributed by atoms with Crippen molar-refractivity contribution in [2.45, 2.75) is 37.6 Å². The second-order valence-electron chi connectivity index (χ2n) is 8.38. The second-order valence-corrected chi connectivity index (χ2v) is 8.38. The van der Waals surface area contributed by atoms with Gasteiger partial charge in [-0.15, -0.1) is 5.01 Å². The first-order chi connectivity index (χ1) is 16.1. The van der Waals surface area contributed by atoms with Crippen LogP contribution in [0, 0.1) is 0 Å². The predicted octanol–water partition coefficient (Wildman–Crippen LogP) is 4.14. The minimum absolute atomic E-state index is 0.273. The zero-order chi connectivity index (χ0) is 22.8. The molecule has 1 aliphatic carbocycles. The molecule has 1 spiro atoms. The molecule has 5 rings (SSSR count). The molecule has 168 valence electrons. The van der Waals surface area contributed by atoms with Crippen molar-refractivity contribution >= 4 is 18.2 Å². The van der Waals surface area contributed by atoms with Gasteiger partial charge in [0.15, 0.2) is 0 Å². The number of aromatic nitrogens is 2. The number of nitrogens with one attached hydrogen (secondary N) is 1. The normalized spacial score (nSPS) is 17.7. The third-order valence-electron chi connectivity index (χ3n) is 6.29. The fourth-order valence-corrected chi connectivity index (χ4v) is 4.49. The molecule has 2 aromatic carbocycles. The molecule has 2 heterocycles. The van der Waals surface area contributed by atoms with Gasteiger partial charge < -0.3 is 10.1 Å². The van der Waals surface area contributed by atoms with Gasteiger partial charge >= 0.3 is 6.03 Å². The number of hydrogen-bond acceptors (Lipinski definition) is 5. The fraction of sp³-hybridized carbons (Fsp3) is 0.280. The Morgan fingerprint density at radius 2 is 1.76 bits per heavy atom. The number of carbonyl (C=O) groups excluding carboxylic acids is 2. The summed E-state index contributed by atoms with van der Waals surface area (Å²) in [7, 11) is 1.62. The Bertz CT molecular complexity index is 1190. The second kappa shape index (κ2) is 8.54. The van der Waals surface area contributed by atoms with Crippen molar-refractivity contribution in [2.24, 2.45) is 5.10 Å². The smallest absolute Gasteiger partial charge is 0.346 e. The Morgan fingerprint density at radius 3 is 2.45 bits per heavy atom. The Morgan fingerprint density at radius 1 is 1.03 bits per heavy atom. The molecule has 33 heavy (non-hydrogen) atoms. The van der Waals surface area contributed by atoms with Crippen LogP contribution in [0.5, 0.6) is 5.75 Å². The number of amides is 3. The molecular formula is C25H25N5O3. The number of benzene rings is 2. The number of hydrazone groups is 1. The average molecular weight is 444 g/mol. The van der Waals surface area contributed by atoms with Gasteiger partial charge in [0, 0.05) is 17.3 Å². The largest absolute Gasteiger partial charge is 0.497 e. The molecule has 0 unspecified atom stereocenters. The summed E-state index contributed by atoms with van der Waals surface area (Å²) in [5.74, 6) is 0.471. The number of imide groups is 1. The average Bonchev–Trinajstić information content (AvgIpc) is 3.38. The summed E-state index contributed by atoms with van der Waals surface area (Å²) in [5.41, 5.74) is 2.33. The van der Waals surface area contributed by atoms with Crippen molar-refractivity contribution in [3.63, 3.8) is 0 Å². The molecule has 0 bridgehead atoms. The zero-order valence-corrected chi connectivity index (χ0v) is 18.4. The van der Waals surface area contributed by atoms with E-state index in [0.29, 0.717) is 24.1 Å². The molecule has 0 atom stereocenters. The van der Waals surface area contributed by atoms with Crippen molar-refractivity contribution in [3.8, 4) is 22.7 Å². The lowest BCUT2D eigenvalue weighted by atomic mass is 9.82. The molecule has 8 nitrogen and oxygen atoms in total. The number of urea groups is 1. The van der Waals surface area contributed by atoms with Crippen LogP contribution >= 0.6 is 0 Å². The van der Waals surface area contributed by atoms with E-state index in [1.807, 2.05) is 60.8 Å². The number of ether oxygens (including phenoxy) is 1. The van der Waals surface area contributed by atoms with Crippen molar-refractivity contribution < 1.29 is 14.3 Å². The van der Waals surface area contributed by atoms with Crippen LogP contribution in [0.4, 0.5) is 4.79 Å². The monoisotopic (exact) mass is 443 g/mol. The van der Waals surface area contributed by atoms with E-state index in [4.69, 9.17) is 9.84 Å². The summed E-state index contributed by atoms with van der Waals surface area (Å²) in [6.07, 6.45) is 7.62. The number of hydrogen-bond donors (Lipinski definition) is 1. The molecular weight excluding hydrogens is 418 g/mol. The molecule has 1 aliphatic heterocycles. The van der Waals surface area contributed by atoms with Crippen molar-refractivity contribution in [1.29, 1.82) is 0 Å². The van der Waals surface area contributed by atoms with E-state index in [-0.39, 0.29) is 5.91 Å². The van der Waals surface area contributed by atoms with E-state index in [1.54, 1.807) is 11.8 Å². The summed E-state index contributed by atoms with van der Waals surface area (Å²) in [6.45, 7) is 0. The molecule has 2 fully saturated rings. The summed E-state index contributed by atoms with van der Waals surface area (Å²) >= 11 is 0. The van der Waals surface area contributed by atoms with Gasteiger partial charge in [0.25, 0.3) is 5.91 Å². The number of para-hydroxylation sites is 1. The van der Waals surface area contributed by atoms with Gasteiger partial charge in [-0.05, 0) is 49.2 Å². The van der Waals surface area contributed by atoms with Crippen LogP contribution in [-0.2, 0) is 4.79 Å². The van der Waals surface area contributed by atoms with E-state index in [2.05, 4.69) is 10.4 Å². The maximum absolute atomic E-state index is 13.1. The molecule has 0 radical (unpaired) electrons. The lowest BCUT2D eigenvalue weighted by Gasteiger charge is -2.29. The Kier molecular flexibility index (Phi) is 5.42. The van der Waals surface area contributed by atoms with Gasteiger partial charge in [-0.25, -0.2) is 9.48 Å². The molecule has 1 saturated heterocycles. The van der Waals surface area contributed by atoms with E-state index in [1.165, 1.54) is 6.21 Å². The Labute approximate surface area is 191 Å². The van der Waals surface area contributed by atoms with E-state index < -0.39 is 11.6 Å². The van der Waals surface area contributed by atoms with Crippen molar-refractivity contribution in [1.82, 2.24) is 20.1 Å². The highest BCUT2D eigenvalue weighted by Crippen LogP contribution is 2.34.